The second-order valence-corrected chi connectivity index (χ2v) is 5.83. The lowest BCUT2D eigenvalue weighted by Crippen LogP contribution is -2.28. The highest BCUT2D eigenvalue weighted by Gasteiger charge is 2.30. The third kappa shape index (κ3) is 2.25. The second-order valence-electron chi connectivity index (χ2n) is 5.83. The van der Waals surface area contributed by atoms with Gasteiger partial charge in [0.15, 0.2) is 11.5 Å². The fourth-order valence-electron chi connectivity index (χ4n) is 2.87. The molecule has 0 fully saturated rings. The minimum Gasteiger partial charge on any atom is -0.488 e. The number of benzene rings is 2. The van der Waals surface area contributed by atoms with Gasteiger partial charge in [0.05, 0.1) is 11.1 Å². The summed E-state index contributed by atoms with van der Waals surface area (Å²) in [6.45, 7) is 2.27. The predicted molar refractivity (Wildman–Crippen MR) is 90.2 cm³/mol. The Morgan fingerprint density at radius 3 is 2.83 bits per heavy atom. The van der Waals surface area contributed by atoms with Gasteiger partial charge in [-0.3, -0.25) is 4.79 Å². The average molecular weight is 320 g/mol. The molecule has 2 aromatic carbocycles. The molecule has 1 aliphatic heterocycles. The second kappa shape index (κ2) is 5.53. The first kappa shape index (κ1) is 14.5. The first-order valence-corrected chi connectivity index (χ1v) is 7.70. The molecule has 5 heteroatoms. The van der Waals surface area contributed by atoms with E-state index in [2.05, 4.69) is 5.16 Å². The van der Waals surface area contributed by atoms with Crippen LogP contribution in [0.3, 0.4) is 0 Å². The normalized spacial score (nSPS) is 12.1. The Kier molecular flexibility index (Phi) is 3.34. The lowest BCUT2D eigenvalue weighted by molar-refractivity contribution is 0.0982. The summed E-state index contributed by atoms with van der Waals surface area (Å²) in [5, 5.41) is 4.02. The van der Waals surface area contributed by atoms with Crippen LogP contribution in [0.15, 0.2) is 53.1 Å². The van der Waals surface area contributed by atoms with Gasteiger partial charge in [0.1, 0.15) is 12.4 Å². The van der Waals surface area contributed by atoms with Gasteiger partial charge in [0.25, 0.3) is 5.91 Å². The summed E-state index contributed by atoms with van der Waals surface area (Å²) >= 11 is 0. The van der Waals surface area contributed by atoms with Gasteiger partial charge in [0.2, 0.25) is 0 Å². The standard InChI is InChI=1S/C19H16N2O3/c1-12-6-5-7-13(10-12)21(2)19(22)17-15-11-23-16-9-4-3-8-14(16)18(15)24-20-17/h3-10H,11H2,1-2H3. The average Bonchev–Trinajstić information content (AvgIpc) is 3.05. The van der Waals surface area contributed by atoms with Gasteiger partial charge >= 0.3 is 0 Å². The number of carbonyl (C=O) groups excluding carboxylic acids is 1. The van der Waals surface area contributed by atoms with Gasteiger partial charge in [-0.05, 0) is 36.8 Å². The van der Waals surface area contributed by atoms with Crippen molar-refractivity contribution in [3.8, 4) is 17.1 Å². The van der Waals surface area contributed by atoms with Crippen LogP contribution in [0.1, 0.15) is 21.6 Å². The lowest BCUT2D eigenvalue weighted by atomic mass is 10.0. The van der Waals surface area contributed by atoms with E-state index < -0.39 is 0 Å². The van der Waals surface area contributed by atoms with Crippen LogP contribution in [0, 0.1) is 6.92 Å². The molecule has 4 rings (SSSR count). The van der Waals surface area contributed by atoms with Crippen molar-refractivity contribution < 1.29 is 14.1 Å². The Morgan fingerprint density at radius 1 is 1.17 bits per heavy atom. The summed E-state index contributed by atoms with van der Waals surface area (Å²) in [6.07, 6.45) is 0. The van der Waals surface area contributed by atoms with Crippen molar-refractivity contribution in [2.45, 2.75) is 13.5 Å². The number of rotatable bonds is 2. The Morgan fingerprint density at radius 2 is 2.00 bits per heavy atom. The SMILES string of the molecule is Cc1cccc(N(C)C(=O)c2noc3c2COc2ccccc2-3)c1. The summed E-state index contributed by atoms with van der Waals surface area (Å²) < 4.78 is 11.2. The molecule has 120 valence electrons. The minimum atomic E-state index is -0.214. The fourth-order valence-corrected chi connectivity index (χ4v) is 2.87. The smallest absolute Gasteiger partial charge is 0.280 e. The van der Waals surface area contributed by atoms with Crippen molar-refractivity contribution in [3.63, 3.8) is 0 Å². The maximum atomic E-state index is 12.8. The fraction of sp³-hybridized carbons (Fsp3) is 0.158. The van der Waals surface area contributed by atoms with E-state index in [1.807, 2.05) is 55.5 Å². The molecule has 24 heavy (non-hydrogen) atoms. The third-order valence-electron chi connectivity index (χ3n) is 4.19. The zero-order valence-corrected chi connectivity index (χ0v) is 13.4. The monoisotopic (exact) mass is 320 g/mol. The number of hydrogen-bond acceptors (Lipinski definition) is 4. The van der Waals surface area contributed by atoms with E-state index in [4.69, 9.17) is 9.26 Å². The Balaban J connectivity index is 1.72. The number of amides is 1. The highest BCUT2D eigenvalue weighted by atomic mass is 16.5. The highest BCUT2D eigenvalue weighted by molar-refractivity contribution is 6.06. The summed E-state index contributed by atoms with van der Waals surface area (Å²) in [5.74, 6) is 1.14. The Labute approximate surface area is 139 Å². The number of fused-ring (bicyclic) bond motifs is 3. The molecule has 0 saturated carbocycles. The number of nitrogens with zero attached hydrogens (tertiary/aromatic N) is 2. The summed E-state index contributed by atoms with van der Waals surface area (Å²) in [6, 6.07) is 15.3. The Bertz CT molecular complexity index is 930. The van der Waals surface area contributed by atoms with Crippen LogP contribution in [0.2, 0.25) is 0 Å². The van der Waals surface area contributed by atoms with E-state index >= 15 is 0 Å². The number of anilines is 1. The third-order valence-corrected chi connectivity index (χ3v) is 4.19. The van der Waals surface area contributed by atoms with Crippen molar-refractivity contribution in [1.29, 1.82) is 0 Å². The van der Waals surface area contributed by atoms with E-state index in [1.165, 1.54) is 0 Å². The Hall–Kier alpha value is -3.08. The molecule has 2 heterocycles. The highest BCUT2D eigenvalue weighted by Crippen LogP contribution is 2.38. The van der Waals surface area contributed by atoms with Gasteiger partial charge in [0, 0.05) is 12.7 Å². The van der Waals surface area contributed by atoms with Crippen LogP contribution in [0.5, 0.6) is 5.75 Å². The van der Waals surface area contributed by atoms with Crippen LogP contribution >= 0.6 is 0 Å². The molecule has 1 amide bonds. The molecule has 0 aliphatic carbocycles. The molecule has 0 saturated heterocycles. The van der Waals surface area contributed by atoms with Crippen LogP contribution < -0.4 is 9.64 Å². The molecular formula is C19H16N2O3. The van der Waals surface area contributed by atoms with Crippen molar-refractivity contribution in [3.05, 3.63) is 65.4 Å². The van der Waals surface area contributed by atoms with Crippen LogP contribution in [-0.2, 0) is 6.61 Å². The number of ether oxygens (including phenoxy) is 1. The topological polar surface area (TPSA) is 55.6 Å². The van der Waals surface area contributed by atoms with Crippen molar-refractivity contribution >= 4 is 11.6 Å². The van der Waals surface area contributed by atoms with Gasteiger partial charge in [-0.25, -0.2) is 0 Å². The number of aromatic nitrogens is 1. The van der Waals surface area contributed by atoms with Crippen LogP contribution in [-0.4, -0.2) is 18.1 Å². The molecule has 0 N–H and O–H groups in total. The van der Waals surface area contributed by atoms with Gasteiger partial charge in [-0.2, -0.15) is 0 Å². The molecule has 0 radical (unpaired) electrons. The largest absolute Gasteiger partial charge is 0.488 e. The van der Waals surface area contributed by atoms with Gasteiger partial charge in [-0.1, -0.05) is 29.4 Å². The van der Waals surface area contributed by atoms with Crippen molar-refractivity contribution in [2.75, 3.05) is 11.9 Å². The summed E-state index contributed by atoms with van der Waals surface area (Å²) in [5.41, 5.74) is 3.71. The molecule has 0 spiro atoms. The maximum absolute atomic E-state index is 12.8. The van der Waals surface area contributed by atoms with E-state index in [-0.39, 0.29) is 12.5 Å². The van der Waals surface area contributed by atoms with Crippen LogP contribution in [0.25, 0.3) is 11.3 Å². The van der Waals surface area contributed by atoms with E-state index in [0.29, 0.717) is 17.0 Å². The number of carbonyl (C=O) groups is 1. The minimum absolute atomic E-state index is 0.214. The molecular weight excluding hydrogens is 304 g/mol. The van der Waals surface area contributed by atoms with Crippen molar-refractivity contribution in [1.82, 2.24) is 5.16 Å². The molecule has 0 atom stereocenters. The van der Waals surface area contributed by atoms with Gasteiger partial charge in [-0.15, -0.1) is 0 Å². The lowest BCUT2D eigenvalue weighted by Gasteiger charge is -2.19. The molecule has 5 nitrogen and oxygen atoms in total. The predicted octanol–water partition coefficient (Wildman–Crippen LogP) is 3.82. The zero-order chi connectivity index (χ0) is 16.7. The van der Waals surface area contributed by atoms with Crippen molar-refractivity contribution in [2.24, 2.45) is 0 Å². The first-order valence-electron chi connectivity index (χ1n) is 7.70. The summed E-state index contributed by atoms with van der Waals surface area (Å²) in [7, 11) is 1.73. The first-order chi connectivity index (χ1) is 11.6. The number of para-hydroxylation sites is 1. The maximum Gasteiger partial charge on any atom is 0.280 e. The molecule has 1 aromatic heterocycles. The molecule has 1 aliphatic rings. The van der Waals surface area contributed by atoms with E-state index in [0.717, 1.165) is 22.6 Å². The molecule has 0 unspecified atom stereocenters. The van der Waals surface area contributed by atoms with Crippen LogP contribution in [0.4, 0.5) is 5.69 Å². The van der Waals surface area contributed by atoms with E-state index in [1.54, 1.807) is 11.9 Å². The van der Waals surface area contributed by atoms with Gasteiger partial charge < -0.3 is 14.2 Å². The van der Waals surface area contributed by atoms with E-state index in [9.17, 15) is 4.79 Å². The number of hydrogen-bond donors (Lipinski definition) is 0. The molecule has 3 aromatic rings. The summed E-state index contributed by atoms with van der Waals surface area (Å²) in [4.78, 5) is 14.4. The quantitative estimate of drug-likeness (QED) is 0.720. The molecule has 0 bridgehead atoms. The number of aryl methyl sites for hydroxylation is 1. The zero-order valence-electron chi connectivity index (χ0n) is 13.4.